The van der Waals surface area contributed by atoms with Crippen LogP contribution in [-0.4, -0.2) is 76.9 Å². The Morgan fingerprint density at radius 3 is 1.98 bits per heavy atom. The average molecular weight is 759 g/mol. The Labute approximate surface area is 312 Å². The molecule has 13 nitrogen and oxygen atoms in total. The van der Waals surface area contributed by atoms with Gasteiger partial charge < -0.3 is 14.9 Å². The number of anilines is 2. The molecule has 0 radical (unpaired) electrons. The molecule has 0 bridgehead atoms. The lowest BCUT2D eigenvalue weighted by Crippen LogP contribution is -2.52. The first-order valence-corrected chi connectivity index (χ1v) is 17.7. The molecule has 1 aliphatic heterocycles. The predicted molar refractivity (Wildman–Crippen MR) is 197 cm³/mol. The van der Waals surface area contributed by atoms with Gasteiger partial charge >= 0.3 is 17.3 Å². The fourth-order valence-electron chi connectivity index (χ4n) is 7.14. The summed E-state index contributed by atoms with van der Waals surface area (Å²) in [5.41, 5.74) is -1.65. The van der Waals surface area contributed by atoms with Crippen molar-refractivity contribution in [1.29, 1.82) is 0 Å². The average Bonchev–Trinajstić information content (AvgIpc) is 3.80. The summed E-state index contributed by atoms with van der Waals surface area (Å²) in [7, 11) is 0. The maximum Gasteiger partial charge on any atom is 0.362 e. The largest absolute Gasteiger partial charge is 0.391 e. The Kier molecular flexibility index (Phi) is 9.89. The van der Waals surface area contributed by atoms with Crippen molar-refractivity contribution in [3.05, 3.63) is 135 Å². The number of rotatable bonds is 11. The highest BCUT2D eigenvalue weighted by atomic mass is 19.3. The first kappa shape index (κ1) is 37.2. The third-order valence-corrected chi connectivity index (χ3v) is 10.4. The van der Waals surface area contributed by atoms with Crippen molar-refractivity contribution in [2.75, 3.05) is 36.0 Å². The summed E-state index contributed by atoms with van der Waals surface area (Å²) in [6.45, 7) is 7.47. The zero-order chi connectivity index (χ0) is 39.1. The van der Waals surface area contributed by atoms with Gasteiger partial charge in [-0.15, -0.1) is 0 Å². The Morgan fingerprint density at radius 1 is 0.855 bits per heavy atom. The third kappa shape index (κ3) is 6.68. The van der Waals surface area contributed by atoms with Crippen LogP contribution in [0, 0.1) is 11.6 Å². The minimum absolute atomic E-state index is 0.308. The van der Waals surface area contributed by atoms with Gasteiger partial charge in [0.25, 0.3) is 0 Å². The van der Waals surface area contributed by atoms with Crippen LogP contribution in [0.3, 0.4) is 0 Å². The molecule has 3 aromatic carbocycles. The standard InChI is InChI=1S/C38H38F4N10O3/c1-4-33(24(2)53)51-36(55)50(23-44-51)30-13-11-29(12-14-30)49-19-17-48(18-20-49)28-9-5-25(6-10-28)26-7-16-34(43-22-26)38(41,42)37(3,52-35(54)45-46-47-52)31-15-8-27(39)21-32(31)40/h5-16,21-24,33,53H,4,17-20H2,1-3H3,(H,45,47,54)/t24-,33-,37+/m0/s1. The normalized spacial score (nSPS) is 15.9. The number of aromatic amines is 1. The van der Waals surface area contributed by atoms with Crippen LogP contribution in [0.4, 0.5) is 28.9 Å². The number of aliphatic hydroxyl groups is 1. The highest BCUT2D eigenvalue weighted by Crippen LogP contribution is 2.47. The zero-order valence-corrected chi connectivity index (χ0v) is 30.2. The van der Waals surface area contributed by atoms with Crippen molar-refractivity contribution >= 4 is 11.4 Å². The number of aliphatic hydroxyl groups excluding tert-OH is 1. The van der Waals surface area contributed by atoms with E-state index in [4.69, 9.17) is 0 Å². The number of hydrogen-bond acceptors (Lipinski definition) is 9. The van der Waals surface area contributed by atoms with Gasteiger partial charge in [-0.1, -0.05) is 31.2 Å². The second-order valence-corrected chi connectivity index (χ2v) is 13.6. The van der Waals surface area contributed by atoms with Gasteiger partial charge in [0.15, 0.2) is 5.54 Å². The molecule has 7 rings (SSSR count). The number of aromatic nitrogens is 8. The molecule has 286 valence electrons. The molecular weight excluding hydrogens is 720 g/mol. The SMILES string of the molecule is CC[C@@H]([C@H](C)O)n1ncn(-c2ccc(N3CCN(c4ccc(-c5ccc(C(F)(F)[C@@](C)(c6ccc(F)cc6F)n6nn[nH]c6=O)nc5)cc4)CC3)cc2)c1=O. The number of benzene rings is 3. The fourth-order valence-corrected chi connectivity index (χ4v) is 7.14. The lowest BCUT2D eigenvalue weighted by Gasteiger charge is -2.37. The van der Waals surface area contributed by atoms with Crippen LogP contribution in [0.15, 0.2) is 101 Å². The molecule has 0 unspecified atom stereocenters. The van der Waals surface area contributed by atoms with E-state index in [1.807, 2.05) is 60.6 Å². The van der Waals surface area contributed by atoms with Gasteiger partial charge in [0.05, 0.1) is 17.8 Å². The summed E-state index contributed by atoms with van der Waals surface area (Å²) < 4.78 is 64.7. The molecule has 0 aliphatic carbocycles. The fraction of sp³-hybridized carbons (Fsp3) is 0.316. The van der Waals surface area contributed by atoms with E-state index in [1.54, 1.807) is 6.92 Å². The van der Waals surface area contributed by atoms with E-state index in [9.17, 15) is 23.5 Å². The number of hydrogen-bond donors (Lipinski definition) is 2. The Hall–Kier alpha value is -6.10. The van der Waals surface area contributed by atoms with Crippen molar-refractivity contribution in [3.63, 3.8) is 0 Å². The summed E-state index contributed by atoms with van der Waals surface area (Å²) in [4.78, 5) is 34.0. The third-order valence-electron chi connectivity index (χ3n) is 10.4. The van der Waals surface area contributed by atoms with Crippen molar-refractivity contribution in [3.8, 4) is 16.8 Å². The number of nitrogens with zero attached hydrogens (tertiary/aromatic N) is 9. The van der Waals surface area contributed by atoms with Gasteiger partial charge in [-0.25, -0.2) is 32.7 Å². The quantitative estimate of drug-likeness (QED) is 0.177. The Morgan fingerprint density at radius 2 is 1.45 bits per heavy atom. The van der Waals surface area contributed by atoms with Crippen LogP contribution in [-0.2, 0) is 11.5 Å². The second-order valence-electron chi connectivity index (χ2n) is 13.6. The highest BCUT2D eigenvalue weighted by Gasteiger charge is 2.58. The summed E-state index contributed by atoms with van der Waals surface area (Å²) >= 11 is 0. The summed E-state index contributed by atoms with van der Waals surface area (Å²) in [6.07, 6.45) is 2.61. The minimum Gasteiger partial charge on any atom is -0.391 e. The first-order chi connectivity index (χ1) is 26.3. The number of nitrogens with one attached hydrogen (secondary N) is 1. The monoisotopic (exact) mass is 758 g/mol. The number of piperazine rings is 1. The number of alkyl halides is 2. The summed E-state index contributed by atoms with van der Waals surface area (Å²) in [6, 6.07) is 19.6. The lowest BCUT2D eigenvalue weighted by molar-refractivity contribution is -0.104. The van der Waals surface area contributed by atoms with Crippen molar-refractivity contribution < 1.29 is 22.7 Å². The molecule has 2 N–H and O–H groups in total. The molecule has 1 saturated heterocycles. The van der Waals surface area contributed by atoms with Gasteiger partial charge in [0.1, 0.15) is 23.7 Å². The van der Waals surface area contributed by atoms with Crippen LogP contribution >= 0.6 is 0 Å². The number of pyridine rings is 1. The maximum absolute atomic E-state index is 16.4. The zero-order valence-electron chi connectivity index (χ0n) is 30.2. The molecule has 3 aromatic heterocycles. The predicted octanol–water partition coefficient (Wildman–Crippen LogP) is 4.87. The Bertz CT molecular complexity index is 2380. The first-order valence-electron chi connectivity index (χ1n) is 17.7. The molecule has 3 atom stereocenters. The van der Waals surface area contributed by atoms with Gasteiger partial charge in [0, 0.05) is 60.9 Å². The highest BCUT2D eigenvalue weighted by molar-refractivity contribution is 5.66. The van der Waals surface area contributed by atoms with Crippen LogP contribution < -0.4 is 21.2 Å². The smallest absolute Gasteiger partial charge is 0.362 e. The van der Waals surface area contributed by atoms with Crippen molar-refractivity contribution in [1.82, 2.24) is 39.5 Å². The number of tetrazole rings is 1. The molecule has 17 heteroatoms. The second kappa shape index (κ2) is 14.6. The van der Waals surface area contributed by atoms with Gasteiger partial charge in [-0.05, 0) is 84.8 Å². The molecule has 1 fully saturated rings. The van der Waals surface area contributed by atoms with Crippen molar-refractivity contribution in [2.24, 2.45) is 0 Å². The van der Waals surface area contributed by atoms with Crippen LogP contribution in [0.1, 0.15) is 44.5 Å². The summed E-state index contributed by atoms with van der Waals surface area (Å²) in [5, 5.41) is 23.0. The molecule has 0 saturated carbocycles. The minimum atomic E-state index is -4.01. The molecular formula is C38H38F4N10O3. The molecule has 0 spiro atoms. The van der Waals surface area contributed by atoms with E-state index in [0.717, 1.165) is 68.2 Å². The summed E-state index contributed by atoms with van der Waals surface area (Å²) in [5.74, 6) is -6.27. The van der Waals surface area contributed by atoms with E-state index in [1.165, 1.54) is 27.8 Å². The van der Waals surface area contributed by atoms with Crippen LogP contribution in [0.25, 0.3) is 16.8 Å². The van der Waals surface area contributed by atoms with Crippen LogP contribution in [0.2, 0.25) is 0 Å². The van der Waals surface area contributed by atoms with E-state index in [2.05, 4.69) is 30.3 Å². The molecule has 6 aromatic rings. The van der Waals surface area contributed by atoms with Crippen molar-refractivity contribution in [2.45, 2.75) is 50.8 Å². The van der Waals surface area contributed by atoms with E-state index in [-0.39, 0.29) is 5.69 Å². The maximum atomic E-state index is 16.4. The van der Waals surface area contributed by atoms with E-state index < -0.39 is 52.2 Å². The topological polar surface area (TPSA) is 143 Å². The molecule has 0 amide bonds. The van der Waals surface area contributed by atoms with E-state index in [0.29, 0.717) is 28.4 Å². The van der Waals surface area contributed by atoms with Gasteiger partial charge in [-0.3, -0.25) is 4.98 Å². The lowest BCUT2D eigenvalue weighted by atomic mass is 9.83. The van der Waals surface area contributed by atoms with Gasteiger partial charge in [-0.2, -0.15) is 18.6 Å². The van der Waals surface area contributed by atoms with E-state index >= 15 is 8.78 Å². The Balaban J connectivity index is 1.02. The van der Waals surface area contributed by atoms with Gasteiger partial charge in [0.2, 0.25) is 0 Å². The number of H-pyrrole nitrogens is 1. The number of halogens is 4. The molecule has 4 heterocycles. The van der Waals surface area contributed by atoms with Crippen LogP contribution in [0.5, 0.6) is 0 Å². The molecule has 1 aliphatic rings. The molecule has 55 heavy (non-hydrogen) atoms.